The fourth-order valence-electron chi connectivity index (χ4n) is 1.94. The fourth-order valence-corrected chi connectivity index (χ4v) is 2.21. The van der Waals surface area contributed by atoms with Crippen molar-refractivity contribution in [3.63, 3.8) is 0 Å². The molecule has 1 N–H and O–H groups in total. The van der Waals surface area contributed by atoms with E-state index in [0.717, 1.165) is 31.2 Å². The minimum absolute atomic E-state index is 0.472. The number of aliphatic carboxylic acids is 1. The molecular formula is C14H19ClO2. The Morgan fingerprint density at radius 2 is 2.00 bits per heavy atom. The lowest BCUT2D eigenvalue weighted by Crippen LogP contribution is -2.12. The molecule has 0 spiro atoms. The second-order valence-corrected chi connectivity index (χ2v) is 4.67. The molecule has 0 aromatic heterocycles. The molecule has 1 rings (SSSR count). The number of hydrogen-bond acceptors (Lipinski definition) is 1. The maximum absolute atomic E-state index is 11.3. The van der Waals surface area contributed by atoms with E-state index >= 15 is 0 Å². The maximum Gasteiger partial charge on any atom is 0.311 e. The van der Waals surface area contributed by atoms with Gasteiger partial charge >= 0.3 is 5.97 Å². The van der Waals surface area contributed by atoms with Gasteiger partial charge in [-0.15, -0.1) is 0 Å². The Bertz CT molecular complexity index is 363. The highest BCUT2D eigenvalue weighted by molar-refractivity contribution is 6.31. The first-order valence-corrected chi connectivity index (χ1v) is 6.51. The SMILES string of the molecule is CCCCCCC(C(=O)O)c1ccccc1Cl. The fraction of sp³-hybridized carbons (Fsp3) is 0.500. The predicted molar refractivity (Wildman–Crippen MR) is 70.6 cm³/mol. The Labute approximate surface area is 108 Å². The number of benzene rings is 1. The molecule has 1 atom stereocenters. The number of rotatable bonds is 7. The zero-order valence-corrected chi connectivity index (χ0v) is 10.9. The maximum atomic E-state index is 11.3. The quantitative estimate of drug-likeness (QED) is 0.729. The molecule has 94 valence electrons. The van der Waals surface area contributed by atoms with Gasteiger partial charge < -0.3 is 5.11 Å². The molecule has 0 saturated carbocycles. The molecule has 17 heavy (non-hydrogen) atoms. The topological polar surface area (TPSA) is 37.3 Å². The van der Waals surface area contributed by atoms with E-state index in [1.165, 1.54) is 0 Å². The molecule has 0 aliphatic rings. The Morgan fingerprint density at radius 1 is 1.29 bits per heavy atom. The molecule has 1 unspecified atom stereocenters. The summed E-state index contributed by atoms with van der Waals surface area (Å²) in [4.78, 5) is 11.3. The summed E-state index contributed by atoms with van der Waals surface area (Å²) in [6, 6.07) is 7.21. The summed E-state index contributed by atoms with van der Waals surface area (Å²) < 4.78 is 0. The third-order valence-electron chi connectivity index (χ3n) is 2.93. The Balaban J connectivity index is 2.66. The normalized spacial score (nSPS) is 12.4. The third-order valence-corrected chi connectivity index (χ3v) is 3.27. The molecule has 1 aromatic rings. The zero-order chi connectivity index (χ0) is 12.7. The van der Waals surface area contributed by atoms with Crippen LogP contribution in [0.1, 0.15) is 50.5 Å². The van der Waals surface area contributed by atoms with Crippen LogP contribution in [0.5, 0.6) is 0 Å². The molecule has 0 radical (unpaired) electrons. The number of unbranched alkanes of at least 4 members (excludes halogenated alkanes) is 3. The first kappa shape index (κ1) is 14.0. The van der Waals surface area contributed by atoms with Gasteiger partial charge in [-0.05, 0) is 18.1 Å². The van der Waals surface area contributed by atoms with Crippen molar-refractivity contribution < 1.29 is 9.90 Å². The van der Waals surface area contributed by atoms with Crippen LogP contribution in [0.3, 0.4) is 0 Å². The monoisotopic (exact) mass is 254 g/mol. The van der Waals surface area contributed by atoms with Gasteiger partial charge in [0, 0.05) is 5.02 Å². The van der Waals surface area contributed by atoms with E-state index in [-0.39, 0.29) is 0 Å². The van der Waals surface area contributed by atoms with Crippen molar-refractivity contribution in [2.75, 3.05) is 0 Å². The minimum Gasteiger partial charge on any atom is -0.481 e. The summed E-state index contributed by atoms with van der Waals surface area (Å²) >= 11 is 6.04. The molecule has 3 heteroatoms. The van der Waals surface area contributed by atoms with Crippen molar-refractivity contribution in [2.45, 2.75) is 44.9 Å². The van der Waals surface area contributed by atoms with Crippen LogP contribution in [0.25, 0.3) is 0 Å². The Kier molecular flexibility index (Phi) is 6.06. The highest BCUT2D eigenvalue weighted by atomic mass is 35.5. The molecule has 0 bridgehead atoms. The molecule has 0 fully saturated rings. The minimum atomic E-state index is -0.783. The van der Waals surface area contributed by atoms with E-state index in [4.69, 9.17) is 11.6 Å². The summed E-state index contributed by atoms with van der Waals surface area (Å²) in [5.41, 5.74) is 0.734. The van der Waals surface area contributed by atoms with E-state index in [0.29, 0.717) is 11.4 Å². The van der Waals surface area contributed by atoms with Gasteiger partial charge in [-0.1, -0.05) is 62.4 Å². The summed E-state index contributed by atoms with van der Waals surface area (Å²) in [6.45, 7) is 2.14. The number of carboxylic acid groups (broad SMARTS) is 1. The third kappa shape index (κ3) is 4.39. The van der Waals surface area contributed by atoms with Crippen molar-refractivity contribution in [2.24, 2.45) is 0 Å². The van der Waals surface area contributed by atoms with Crippen LogP contribution < -0.4 is 0 Å². The average molecular weight is 255 g/mol. The summed E-state index contributed by atoms with van der Waals surface area (Å²) in [5.74, 6) is -1.25. The van der Waals surface area contributed by atoms with Gasteiger partial charge in [0.25, 0.3) is 0 Å². The number of carbonyl (C=O) groups is 1. The van der Waals surface area contributed by atoms with Crippen molar-refractivity contribution >= 4 is 17.6 Å². The van der Waals surface area contributed by atoms with Crippen molar-refractivity contribution in [1.82, 2.24) is 0 Å². The van der Waals surface area contributed by atoms with E-state index in [2.05, 4.69) is 6.92 Å². The first-order chi connectivity index (χ1) is 8.16. The lowest BCUT2D eigenvalue weighted by atomic mass is 9.93. The molecule has 0 aliphatic carbocycles. The van der Waals surface area contributed by atoms with Crippen LogP contribution in [0.2, 0.25) is 5.02 Å². The predicted octanol–water partition coefficient (Wildman–Crippen LogP) is 4.48. The summed E-state index contributed by atoms with van der Waals surface area (Å²) in [6.07, 6.45) is 5.01. The zero-order valence-electron chi connectivity index (χ0n) is 10.2. The van der Waals surface area contributed by atoms with Crippen molar-refractivity contribution in [3.8, 4) is 0 Å². The van der Waals surface area contributed by atoms with Gasteiger partial charge in [-0.3, -0.25) is 4.79 Å². The lowest BCUT2D eigenvalue weighted by molar-refractivity contribution is -0.139. The molecule has 0 saturated heterocycles. The molecule has 0 aliphatic heterocycles. The smallest absolute Gasteiger partial charge is 0.311 e. The number of hydrogen-bond donors (Lipinski definition) is 1. The van der Waals surface area contributed by atoms with Gasteiger partial charge in [-0.2, -0.15) is 0 Å². The number of carboxylic acids is 1. The first-order valence-electron chi connectivity index (χ1n) is 6.14. The molecule has 0 heterocycles. The Morgan fingerprint density at radius 3 is 2.59 bits per heavy atom. The molecular weight excluding hydrogens is 236 g/mol. The second kappa shape index (κ2) is 7.33. The average Bonchev–Trinajstić information content (AvgIpc) is 2.30. The summed E-state index contributed by atoms with van der Waals surface area (Å²) in [7, 11) is 0. The van der Waals surface area contributed by atoms with Gasteiger partial charge in [0.15, 0.2) is 0 Å². The van der Waals surface area contributed by atoms with E-state index in [1.807, 2.05) is 12.1 Å². The van der Waals surface area contributed by atoms with Crippen molar-refractivity contribution in [1.29, 1.82) is 0 Å². The van der Waals surface area contributed by atoms with E-state index < -0.39 is 11.9 Å². The largest absolute Gasteiger partial charge is 0.481 e. The van der Waals surface area contributed by atoms with Gasteiger partial charge in [0.05, 0.1) is 5.92 Å². The molecule has 1 aromatic carbocycles. The van der Waals surface area contributed by atoms with Crippen LogP contribution in [0.4, 0.5) is 0 Å². The van der Waals surface area contributed by atoms with E-state index in [1.54, 1.807) is 12.1 Å². The van der Waals surface area contributed by atoms with Crippen LogP contribution in [0.15, 0.2) is 24.3 Å². The van der Waals surface area contributed by atoms with Crippen LogP contribution >= 0.6 is 11.6 Å². The highest BCUT2D eigenvalue weighted by Gasteiger charge is 2.21. The molecule has 0 amide bonds. The summed E-state index contributed by atoms with van der Waals surface area (Å²) in [5, 5.41) is 9.80. The standard InChI is InChI=1S/C14H19ClO2/c1-2-3-4-5-9-12(14(16)17)11-8-6-7-10-13(11)15/h6-8,10,12H,2-5,9H2,1H3,(H,16,17). The highest BCUT2D eigenvalue weighted by Crippen LogP contribution is 2.28. The van der Waals surface area contributed by atoms with Crippen LogP contribution in [-0.4, -0.2) is 11.1 Å². The van der Waals surface area contributed by atoms with E-state index in [9.17, 15) is 9.90 Å². The van der Waals surface area contributed by atoms with Crippen molar-refractivity contribution in [3.05, 3.63) is 34.9 Å². The lowest BCUT2D eigenvalue weighted by Gasteiger charge is -2.13. The second-order valence-electron chi connectivity index (χ2n) is 4.26. The van der Waals surface area contributed by atoms with Gasteiger partial charge in [0.1, 0.15) is 0 Å². The van der Waals surface area contributed by atoms with Gasteiger partial charge in [0.2, 0.25) is 0 Å². The van der Waals surface area contributed by atoms with Crippen LogP contribution in [0, 0.1) is 0 Å². The number of halogens is 1. The Hall–Kier alpha value is -1.02. The van der Waals surface area contributed by atoms with Gasteiger partial charge in [-0.25, -0.2) is 0 Å². The molecule has 2 nitrogen and oxygen atoms in total. The van der Waals surface area contributed by atoms with Crippen LogP contribution in [-0.2, 0) is 4.79 Å².